The largest absolute Gasteiger partial charge is 0.465 e. The number of aliphatic imine (C=N–C) groups is 1. The van der Waals surface area contributed by atoms with Gasteiger partial charge in [0.15, 0.2) is 0 Å². The minimum absolute atomic E-state index is 0. The Morgan fingerprint density at radius 3 is 2.58 bits per heavy atom. The molecule has 1 aliphatic rings. The molecule has 1 aliphatic heterocycles. The molecule has 0 aliphatic carbocycles. The van der Waals surface area contributed by atoms with Gasteiger partial charge in [-0.2, -0.15) is 0 Å². The van der Waals surface area contributed by atoms with Gasteiger partial charge in [-0.15, -0.1) is 12.4 Å². The Hall–Kier alpha value is -2.79. The second kappa shape index (κ2) is 11.4. The average molecular weight is 502 g/mol. The van der Waals surface area contributed by atoms with Crippen molar-refractivity contribution in [2.45, 2.75) is 6.54 Å². The van der Waals surface area contributed by atoms with Crippen LogP contribution in [0.5, 0.6) is 0 Å². The van der Waals surface area contributed by atoms with E-state index >= 15 is 0 Å². The van der Waals surface area contributed by atoms with Gasteiger partial charge in [-0.25, -0.2) is 4.79 Å². The molecule has 0 aromatic heterocycles. The van der Waals surface area contributed by atoms with Crippen LogP contribution in [0.4, 0.5) is 5.69 Å². The van der Waals surface area contributed by atoms with Gasteiger partial charge in [-0.05, 0) is 41.5 Å². The molecule has 3 aromatic carbocycles. The fourth-order valence-corrected chi connectivity index (χ4v) is 4.04. The first-order chi connectivity index (χ1) is 15.6. The number of rotatable bonds is 5. The summed E-state index contributed by atoms with van der Waals surface area (Å²) in [5, 5.41) is 1.05. The van der Waals surface area contributed by atoms with Crippen molar-refractivity contribution in [3.05, 3.63) is 105 Å². The molecule has 0 spiro atoms. The number of fused-ring (bicyclic) bond motifs is 1. The van der Waals surface area contributed by atoms with Crippen molar-refractivity contribution in [1.82, 2.24) is 0 Å². The van der Waals surface area contributed by atoms with Crippen molar-refractivity contribution in [1.29, 1.82) is 0 Å². The minimum atomic E-state index is -0.329. The van der Waals surface area contributed by atoms with Crippen LogP contribution in [0.25, 0.3) is 6.08 Å². The number of halogens is 3. The smallest absolute Gasteiger partial charge is 0.338 e. The molecule has 0 bridgehead atoms. The Morgan fingerprint density at radius 1 is 1.03 bits per heavy atom. The van der Waals surface area contributed by atoms with Crippen molar-refractivity contribution in [3.8, 4) is 0 Å². The van der Waals surface area contributed by atoms with Gasteiger partial charge in [0.25, 0.3) is 0 Å². The molecule has 0 saturated heterocycles. The highest BCUT2D eigenvalue weighted by molar-refractivity contribution is 6.42. The van der Waals surface area contributed by atoms with Crippen LogP contribution >= 0.6 is 35.6 Å². The number of esters is 1. The van der Waals surface area contributed by atoms with E-state index in [0.29, 0.717) is 28.7 Å². The van der Waals surface area contributed by atoms with E-state index in [1.165, 1.54) is 7.11 Å². The molecule has 3 aromatic rings. The zero-order valence-corrected chi connectivity index (χ0v) is 20.3. The third kappa shape index (κ3) is 5.77. The second-order valence-corrected chi connectivity index (χ2v) is 8.18. The van der Waals surface area contributed by atoms with Crippen molar-refractivity contribution in [2.24, 2.45) is 4.99 Å². The normalized spacial score (nSPS) is 13.1. The van der Waals surface area contributed by atoms with Gasteiger partial charge in [-0.1, -0.05) is 71.7 Å². The van der Waals surface area contributed by atoms with Crippen LogP contribution in [-0.4, -0.2) is 31.9 Å². The number of allylic oxidation sites excluding steroid dienone is 1. The van der Waals surface area contributed by atoms with Crippen molar-refractivity contribution in [2.75, 3.05) is 25.1 Å². The number of hydrogen-bond donors (Lipinski definition) is 0. The van der Waals surface area contributed by atoms with Gasteiger partial charge in [0.2, 0.25) is 0 Å². The third-order valence-electron chi connectivity index (χ3n) is 5.33. The lowest BCUT2D eigenvalue weighted by Crippen LogP contribution is -2.26. The standard InChI is InChI=1S/C26H22Cl2N2O2.ClH/c1-32-26(31)20-7-3-2-6-19(20)17-30-15-14-29-24(21-8-4-5-9-25(21)30)13-11-18-10-12-22(27)23(28)16-18;/h2-13,16H,14-15,17H2,1H3;1H. The number of carbonyl (C=O) groups is 1. The minimum Gasteiger partial charge on any atom is -0.465 e. The summed E-state index contributed by atoms with van der Waals surface area (Å²) >= 11 is 12.2. The molecule has 0 amide bonds. The zero-order valence-electron chi connectivity index (χ0n) is 18.0. The molecule has 0 fully saturated rings. The molecule has 33 heavy (non-hydrogen) atoms. The molecule has 0 saturated carbocycles. The number of carbonyl (C=O) groups excluding carboxylic acids is 1. The summed E-state index contributed by atoms with van der Waals surface area (Å²) < 4.78 is 4.96. The predicted octanol–water partition coefficient (Wildman–Crippen LogP) is 6.72. The van der Waals surface area contributed by atoms with Crippen LogP contribution in [0.1, 0.15) is 27.0 Å². The van der Waals surface area contributed by atoms with Crippen LogP contribution in [-0.2, 0) is 11.3 Å². The first-order valence-electron chi connectivity index (χ1n) is 10.2. The first-order valence-corrected chi connectivity index (χ1v) is 11.0. The van der Waals surface area contributed by atoms with E-state index in [2.05, 4.69) is 17.0 Å². The highest BCUT2D eigenvalue weighted by Crippen LogP contribution is 2.28. The van der Waals surface area contributed by atoms with Crippen LogP contribution in [0.3, 0.4) is 0 Å². The molecule has 1 heterocycles. The van der Waals surface area contributed by atoms with Crippen LogP contribution in [0.15, 0.2) is 77.8 Å². The number of para-hydroxylation sites is 1. The molecule has 170 valence electrons. The molecule has 7 heteroatoms. The van der Waals surface area contributed by atoms with E-state index < -0.39 is 0 Å². The summed E-state index contributed by atoms with van der Waals surface area (Å²) in [6.45, 7) is 1.95. The predicted molar refractivity (Wildman–Crippen MR) is 139 cm³/mol. The molecular weight excluding hydrogens is 479 g/mol. The lowest BCUT2D eigenvalue weighted by molar-refractivity contribution is 0.0599. The lowest BCUT2D eigenvalue weighted by atomic mass is 10.0. The highest BCUT2D eigenvalue weighted by Gasteiger charge is 2.19. The highest BCUT2D eigenvalue weighted by atomic mass is 35.5. The quantitative estimate of drug-likeness (QED) is 0.364. The summed E-state index contributed by atoms with van der Waals surface area (Å²) in [7, 11) is 1.40. The monoisotopic (exact) mass is 500 g/mol. The SMILES string of the molecule is COC(=O)c1ccccc1CN1CCN=C(C=Cc2ccc(Cl)c(Cl)c2)c2ccccc21.Cl. The maximum Gasteiger partial charge on any atom is 0.338 e. The lowest BCUT2D eigenvalue weighted by Gasteiger charge is -2.25. The van der Waals surface area contributed by atoms with Gasteiger partial charge < -0.3 is 9.64 Å². The molecule has 0 atom stereocenters. The Morgan fingerprint density at radius 2 is 1.79 bits per heavy atom. The Kier molecular flexibility index (Phi) is 8.56. The summed E-state index contributed by atoms with van der Waals surface area (Å²) in [5.74, 6) is -0.329. The van der Waals surface area contributed by atoms with Gasteiger partial charge in [0.05, 0.1) is 35.0 Å². The second-order valence-electron chi connectivity index (χ2n) is 7.36. The van der Waals surface area contributed by atoms with E-state index in [-0.39, 0.29) is 18.4 Å². The van der Waals surface area contributed by atoms with E-state index in [1.54, 1.807) is 12.1 Å². The van der Waals surface area contributed by atoms with Crippen molar-refractivity contribution < 1.29 is 9.53 Å². The summed E-state index contributed by atoms with van der Waals surface area (Å²) in [6, 6.07) is 21.3. The Bertz CT molecular complexity index is 1210. The Labute approximate surface area is 209 Å². The molecule has 4 rings (SSSR count). The fraction of sp³-hybridized carbons (Fsp3) is 0.154. The van der Waals surface area contributed by atoms with Crippen molar-refractivity contribution in [3.63, 3.8) is 0 Å². The molecule has 0 N–H and O–H groups in total. The number of hydrogen-bond acceptors (Lipinski definition) is 4. The maximum absolute atomic E-state index is 12.2. The van der Waals surface area contributed by atoms with Gasteiger partial charge >= 0.3 is 5.97 Å². The van der Waals surface area contributed by atoms with E-state index in [0.717, 1.165) is 34.6 Å². The zero-order chi connectivity index (χ0) is 22.5. The first kappa shape index (κ1) is 24.8. The molecule has 0 radical (unpaired) electrons. The number of nitrogens with zero attached hydrogens (tertiary/aromatic N) is 2. The van der Waals surface area contributed by atoms with E-state index in [1.807, 2.05) is 54.6 Å². The van der Waals surface area contributed by atoms with Gasteiger partial charge in [-0.3, -0.25) is 4.99 Å². The fourth-order valence-electron chi connectivity index (χ4n) is 3.73. The topological polar surface area (TPSA) is 41.9 Å². The number of methoxy groups -OCH3 is 1. The van der Waals surface area contributed by atoms with Crippen LogP contribution in [0, 0.1) is 0 Å². The molecule has 0 unspecified atom stereocenters. The van der Waals surface area contributed by atoms with E-state index in [4.69, 9.17) is 32.9 Å². The number of ether oxygens (including phenoxy) is 1. The number of anilines is 1. The third-order valence-corrected chi connectivity index (χ3v) is 6.07. The molecule has 4 nitrogen and oxygen atoms in total. The molecular formula is C26H23Cl3N2O2. The van der Waals surface area contributed by atoms with E-state index in [9.17, 15) is 4.79 Å². The summed E-state index contributed by atoms with van der Waals surface area (Å²) in [4.78, 5) is 19.3. The number of benzodiazepines with no additional fused rings is 1. The Balaban J connectivity index is 0.00000306. The summed E-state index contributed by atoms with van der Waals surface area (Å²) in [6.07, 6.45) is 3.99. The maximum atomic E-state index is 12.2. The average Bonchev–Trinajstić information content (AvgIpc) is 2.99. The van der Waals surface area contributed by atoms with Crippen LogP contribution < -0.4 is 4.90 Å². The van der Waals surface area contributed by atoms with Gasteiger partial charge in [0, 0.05) is 24.3 Å². The number of benzene rings is 3. The van der Waals surface area contributed by atoms with Gasteiger partial charge in [0.1, 0.15) is 0 Å². The van der Waals surface area contributed by atoms with Crippen molar-refractivity contribution >= 4 is 59.1 Å². The van der Waals surface area contributed by atoms with Crippen LogP contribution in [0.2, 0.25) is 10.0 Å². The summed E-state index contributed by atoms with van der Waals surface area (Å²) in [5.41, 5.74) is 5.46.